The van der Waals surface area contributed by atoms with E-state index in [1.165, 1.54) is 0 Å². The van der Waals surface area contributed by atoms with Crippen molar-refractivity contribution in [3.8, 4) is 11.8 Å². The van der Waals surface area contributed by atoms with Gasteiger partial charge in [-0.1, -0.05) is 35.3 Å². The second-order valence-corrected chi connectivity index (χ2v) is 7.57. The zero-order chi connectivity index (χ0) is 21.1. The number of anilines is 1. The van der Waals surface area contributed by atoms with E-state index >= 15 is 0 Å². The van der Waals surface area contributed by atoms with Crippen LogP contribution < -0.4 is 5.32 Å². The Balaban J connectivity index is 1.95. The van der Waals surface area contributed by atoms with Crippen LogP contribution in [0.4, 0.5) is 5.69 Å². The molecule has 1 amide bonds. The van der Waals surface area contributed by atoms with Gasteiger partial charge < -0.3 is 9.88 Å². The third kappa shape index (κ3) is 4.54. The first kappa shape index (κ1) is 20.7. The molecule has 146 valence electrons. The van der Waals surface area contributed by atoms with Crippen molar-refractivity contribution in [2.45, 2.75) is 20.8 Å². The summed E-state index contributed by atoms with van der Waals surface area (Å²) in [5, 5.41) is 13.2. The second-order valence-electron chi connectivity index (χ2n) is 6.75. The van der Waals surface area contributed by atoms with Crippen LogP contribution in [0.15, 0.2) is 54.1 Å². The molecule has 3 aromatic rings. The van der Waals surface area contributed by atoms with Gasteiger partial charge in [0.1, 0.15) is 11.6 Å². The Morgan fingerprint density at radius 3 is 2.48 bits per heavy atom. The smallest absolute Gasteiger partial charge is 0.266 e. The van der Waals surface area contributed by atoms with Crippen LogP contribution in [-0.4, -0.2) is 10.5 Å². The number of amides is 1. The van der Waals surface area contributed by atoms with Gasteiger partial charge in [-0.15, -0.1) is 0 Å². The summed E-state index contributed by atoms with van der Waals surface area (Å²) in [5.41, 5.74) is 5.18. The summed E-state index contributed by atoms with van der Waals surface area (Å²) in [4.78, 5) is 12.6. The van der Waals surface area contributed by atoms with E-state index in [4.69, 9.17) is 23.2 Å². The van der Waals surface area contributed by atoms with Gasteiger partial charge in [0.15, 0.2) is 0 Å². The molecule has 0 spiro atoms. The van der Waals surface area contributed by atoms with Crippen LogP contribution in [0.2, 0.25) is 10.0 Å². The van der Waals surface area contributed by atoms with Crippen molar-refractivity contribution in [3.63, 3.8) is 0 Å². The number of aryl methyl sites for hydroxylation is 2. The summed E-state index contributed by atoms with van der Waals surface area (Å²) in [7, 11) is 0. The average molecular weight is 424 g/mol. The largest absolute Gasteiger partial charge is 0.321 e. The summed E-state index contributed by atoms with van der Waals surface area (Å²) < 4.78 is 2.00. The van der Waals surface area contributed by atoms with Crippen LogP contribution in [0.3, 0.4) is 0 Å². The minimum Gasteiger partial charge on any atom is -0.321 e. The van der Waals surface area contributed by atoms with Crippen LogP contribution in [0.1, 0.15) is 22.5 Å². The molecule has 0 radical (unpaired) electrons. The third-order valence-corrected chi connectivity index (χ3v) is 5.31. The van der Waals surface area contributed by atoms with E-state index in [0.717, 1.165) is 28.2 Å². The van der Waals surface area contributed by atoms with Crippen molar-refractivity contribution >= 4 is 40.9 Å². The highest BCUT2D eigenvalue weighted by molar-refractivity contribution is 6.42. The first-order valence-electron chi connectivity index (χ1n) is 8.94. The Morgan fingerprint density at radius 1 is 1.07 bits per heavy atom. The van der Waals surface area contributed by atoms with Crippen molar-refractivity contribution in [2.75, 3.05) is 5.32 Å². The number of aromatic nitrogens is 1. The van der Waals surface area contributed by atoms with Crippen molar-refractivity contribution in [1.82, 2.24) is 4.57 Å². The number of halogens is 2. The SMILES string of the molecule is Cc1cccc(NC(=O)/C(C#N)=C/c2cc(C)n(-c3ccc(Cl)c(Cl)c3)c2C)c1. The normalized spacial score (nSPS) is 11.2. The van der Waals surface area contributed by atoms with Crippen LogP contribution in [0, 0.1) is 32.1 Å². The Hall–Kier alpha value is -3.00. The molecule has 6 heteroatoms. The first-order valence-corrected chi connectivity index (χ1v) is 9.70. The zero-order valence-corrected chi connectivity index (χ0v) is 17.8. The molecule has 0 aliphatic heterocycles. The van der Waals surface area contributed by atoms with Gasteiger partial charge in [0.25, 0.3) is 5.91 Å². The Labute approximate surface area is 180 Å². The maximum absolute atomic E-state index is 12.6. The van der Waals surface area contributed by atoms with E-state index in [2.05, 4.69) is 5.32 Å². The predicted octanol–water partition coefficient (Wildman–Crippen LogP) is 6.26. The lowest BCUT2D eigenvalue weighted by atomic mass is 10.1. The van der Waals surface area contributed by atoms with Gasteiger partial charge in [-0.3, -0.25) is 4.79 Å². The average Bonchev–Trinajstić information content (AvgIpc) is 2.95. The van der Waals surface area contributed by atoms with Crippen LogP contribution in [-0.2, 0) is 4.79 Å². The standard InChI is InChI=1S/C23H19Cl2N3O/c1-14-5-4-6-19(9-14)27-23(29)18(13-26)11-17-10-15(2)28(16(17)3)20-7-8-21(24)22(25)12-20/h4-12H,1-3H3,(H,27,29)/b18-11+. The van der Waals surface area contributed by atoms with Gasteiger partial charge in [0, 0.05) is 22.8 Å². The number of hydrogen-bond acceptors (Lipinski definition) is 2. The summed E-state index contributed by atoms with van der Waals surface area (Å²) in [6.45, 7) is 5.81. The summed E-state index contributed by atoms with van der Waals surface area (Å²) in [6, 6.07) is 16.8. The molecule has 1 heterocycles. The van der Waals surface area contributed by atoms with Gasteiger partial charge in [-0.05, 0) is 74.4 Å². The molecule has 3 rings (SSSR count). The molecule has 1 N–H and O–H groups in total. The highest BCUT2D eigenvalue weighted by Gasteiger charge is 2.14. The van der Waals surface area contributed by atoms with Crippen molar-refractivity contribution in [1.29, 1.82) is 5.26 Å². The van der Waals surface area contributed by atoms with Crippen molar-refractivity contribution in [2.24, 2.45) is 0 Å². The molecule has 1 aromatic heterocycles. The van der Waals surface area contributed by atoms with Crippen LogP contribution in [0.5, 0.6) is 0 Å². The topological polar surface area (TPSA) is 57.8 Å². The van der Waals surface area contributed by atoms with Crippen LogP contribution >= 0.6 is 23.2 Å². The summed E-state index contributed by atoms with van der Waals surface area (Å²) >= 11 is 12.2. The first-order chi connectivity index (χ1) is 13.8. The molecule has 0 aliphatic rings. The van der Waals surface area contributed by atoms with Gasteiger partial charge in [0.2, 0.25) is 0 Å². The number of carbonyl (C=O) groups is 1. The van der Waals surface area contributed by atoms with E-state index in [0.29, 0.717) is 15.7 Å². The molecule has 0 aliphatic carbocycles. The lowest BCUT2D eigenvalue weighted by Gasteiger charge is -2.10. The Morgan fingerprint density at radius 2 is 1.83 bits per heavy atom. The molecule has 0 saturated heterocycles. The number of rotatable bonds is 4. The Bertz CT molecular complexity index is 1170. The minimum absolute atomic E-state index is 0.0286. The van der Waals surface area contributed by atoms with E-state index in [-0.39, 0.29) is 5.57 Å². The molecule has 0 atom stereocenters. The van der Waals surface area contributed by atoms with Gasteiger partial charge in [-0.2, -0.15) is 5.26 Å². The number of nitrogens with zero attached hydrogens (tertiary/aromatic N) is 2. The lowest BCUT2D eigenvalue weighted by Crippen LogP contribution is -2.13. The fraction of sp³-hybridized carbons (Fsp3) is 0.130. The molecular formula is C23H19Cl2N3O. The van der Waals surface area contributed by atoms with Crippen molar-refractivity contribution < 1.29 is 4.79 Å². The molecule has 0 fully saturated rings. The highest BCUT2D eigenvalue weighted by atomic mass is 35.5. The lowest BCUT2D eigenvalue weighted by molar-refractivity contribution is -0.112. The van der Waals surface area contributed by atoms with Crippen molar-refractivity contribution in [3.05, 3.63) is 86.7 Å². The molecule has 0 unspecified atom stereocenters. The van der Waals surface area contributed by atoms with E-state index in [1.807, 2.05) is 61.7 Å². The summed E-state index contributed by atoms with van der Waals surface area (Å²) in [5.74, 6) is -0.447. The van der Waals surface area contributed by atoms with Gasteiger partial charge >= 0.3 is 0 Å². The molecule has 0 saturated carbocycles. The molecule has 2 aromatic carbocycles. The van der Waals surface area contributed by atoms with Gasteiger partial charge in [-0.25, -0.2) is 0 Å². The highest BCUT2D eigenvalue weighted by Crippen LogP contribution is 2.28. The summed E-state index contributed by atoms with van der Waals surface area (Å²) in [6.07, 6.45) is 1.60. The Kier molecular flexibility index (Phi) is 6.12. The predicted molar refractivity (Wildman–Crippen MR) is 119 cm³/mol. The maximum atomic E-state index is 12.6. The fourth-order valence-corrected chi connectivity index (χ4v) is 3.47. The number of nitriles is 1. The van der Waals surface area contributed by atoms with Gasteiger partial charge in [0.05, 0.1) is 10.0 Å². The minimum atomic E-state index is -0.447. The van der Waals surface area contributed by atoms with E-state index in [1.54, 1.807) is 24.3 Å². The second kappa shape index (κ2) is 8.57. The molecular weight excluding hydrogens is 405 g/mol. The fourth-order valence-electron chi connectivity index (χ4n) is 3.18. The zero-order valence-electron chi connectivity index (χ0n) is 16.3. The van der Waals surface area contributed by atoms with E-state index in [9.17, 15) is 10.1 Å². The monoisotopic (exact) mass is 423 g/mol. The van der Waals surface area contributed by atoms with Crippen LogP contribution in [0.25, 0.3) is 11.8 Å². The number of benzene rings is 2. The maximum Gasteiger partial charge on any atom is 0.266 e. The number of carbonyl (C=O) groups excluding carboxylic acids is 1. The number of nitrogens with one attached hydrogen (secondary N) is 1. The molecule has 0 bridgehead atoms. The quantitative estimate of drug-likeness (QED) is 0.397. The number of hydrogen-bond donors (Lipinski definition) is 1. The third-order valence-electron chi connectivity index (χ3n) is 4.57. The molecule has 4 nitrogen and oxygen atoms in total. The molecule has 29 heavy (non-hydrogen) atoms. The van der Waals surface area contributed by atoms with E-state index < -0.39 is 5.91 Å².